The molecule has 0 saturated heterocycles. The summed E-state index contributed by atoms with van der Waals surface area (Å²) >= 11 is 0. The Morgan fingerprint density at radius 2 is 1.83 bits per heavy atom. The van der Waals surface area contributed by atoms with Crippen LogP contribution in [0, 0.1) is 46.8 Å². The molecule has 0 radical (unpaired) electrons. The first-order valence-corrected chi connectivity index (χ1v) is 10.1. The molecule has 4 aliphatic rings. The van der Waals surface area contributed by atoms with E-state index in [0.717, 1.165) is 48.9 Å². The molecular formula is C21H34O2. The van der Waals surface area contributed by atoms with Crippen LogP contribution in [0.1, 0.15) is 72.1 Å². The molecule has 4 fully saturated rings. The van der Waals surface area contributed by atoms with Crippen LogP contribution in [0.15, 0.2) is 0 Å². The smallest absolute Gasteiger partial charge is 0.133 e. The van der Waals surface area contributed by atoms with Crippen molar-refractivity contribution in [1.29, 1.82) is 0 Å². The Morgan fingerprint density at radius 3 is 2.57 bits per heavy atom. The maximum Gasteiger partial charge on any atom is 0.133 e. The van der Waals surface area contributed by atoms with Crippen LogP contribution < -0.4 is 0 Å². The number of hydrogen-bond donors (Lipinski definition) is 1. The molecule has 0 heterocycles. The van der Waals surface area contributed by atoms with Crippen molar-refractivity contribution in [3.8, 4) is 0 Å². The summed E-state index contributed by atoms with van der Waals surface area (Å²) in [7, 11) is 0. The highest BCUT2D eigenvalue weighted by Gasteiger charge is 2.58. The number of aliphatic hydroxyl groups is 1. The summed E-state index contributed by atoms with van der Waals surface area (Å²) in [5.41, 5.74) is 0.289. The molecule has 0 aromatic rings. The zero-order valence-corrected chi connectivity index (χ0v) is 15.1. The summed E-state index contributed by atoms with van der Waals surface area (Å²) in [5, 5.41) is 10.2. The Labute approximate surface area is 141 Å². The van der Waals surface area contributed by atoms with Crippen LogP contribution in [0.4, 0.5) is 0 Å². The van der Waals surface area contributed by atoms with Crippen LogP contribution in [-0.4, -0.2) is 17.0 Å². The van der Waals surface area contributed by atoms with E-state index in [1.807, 2.05) is 6.92 Å². The van der Waals surface area contributed by atoms with Crippen LogP contribution in [0.3, 0.4) is 0 Å². The highest BCUT2D eigenvalue weighted by atomic mass is 16.3. The van der Waals surface area contributed by atoms with Crippen molar-refractivity contribution < 1.29 is 9.90 Å². The monoisotopic (exact) mass is 318 g/mol. The third-order valence-electron chi connectivity index (χ3n) is 8.77. The van der Waals surface area contributed by atoms with Crippen molar-refractivity contribution in [3.05, 3.63) is 0 Å². The lowest BCUT2D eigenvalue weighted by Crippen LogP contribution is -2.51. The van der Waals surface area contributed by atoms with Gasteiger partial charge in [0.05, 0.1) is 6.10 Å². The molecule has 1 N–H and O–H groups in total. The van der Waals surface area contributed by atoms with Crippen LogP contribution in [0.5, 0.6) is 0 Å². The van der Waals surface area contributed by atoms with Gasteiger partial charge in [0.15, 0.2) is 0 Å². The number of aliphatic hydroxyl groups excluding tert-OH is 1. The summed E-state index contributed by atoms with van der Waals surface area (Å²) in [4.78, 5) is 12.2. The molecule has 2 heteroatoms. The average molecular weight is 319 g/mol. The summed E-state index contributed by atoms with van der Waals surface area (Å²) in [5.74, 6) is 5.59. The van der Waals surface area contributed by atoms with Gasteiger partial charge in [-0.1, -0.05) is 13.8 Å². The minimum Gasteiger partial charge on any atom is -0.393 e. The summed E-state index contributed by atoms with van der Waals surface area (Å²) in [6.45, 7) is 6.65. The van der Waals surface area contributed by atoms with E-state index in [1.165, 1.54) is 32.1 Å². The molecule has 0 spiro atoms. The molecule has 130 valence electrons. The lowest BCUT2D eigenvalue weighted by Gasteiger charge is -2.57. The number of Topliss-reactive ketones (excluding diaryl/α,β-unsaturated/α-hetero) is 1. The van der Waals surface area contributed by atoms with Gasteiger partial charge in [-0.3, -0.25) is 4.79 Å². The molecule has 0 aliphatic heterocycles. The van der Waals surface area contributed by atoms with Gasteiger partial charge in [-0.15, -0.1) is 0 Å². The van der Waals surface area contributed by atoms with Gasteiger partial charge >= 0.3 is 0 Å². The van der Waals surface area contributed by atoms with Gasteiger partial charge < -0.3 is 5.11 Å². The predicted octanol–water partition coefficient (Wildman–Crippen LogP) is 4.45. The molecule has 2 unspecified atom stereocenters. The largest absolute Gasteiger partial charge is 0.393 e. The van der Waals surface area contributed by atoms with E-state index in [1.54, 1.807) is 0 Å². The first-order chi connectivity index (χ1) is 10.9. The Bertz CT molecular complexity index is 486. The average Bonchev–Trinajstić information content (AvgIpc) is 2.83. The zero-order chi connectivity index (χ0) is 16.4. The third kappa shape index (κ3) is 2.34. The van der Waals surface area contributed by atoms with E-state index in [2.05, 4.69) is 13.8 Å². The normalized spacial score (nSPS) is 55.7. The molecular weight excluding hydrogens is 284 g/mol. The lowest BCUT2D eigenvalue weighted by atomic mass is 9.48. The molecule has 4 saturated carbocycles. The Balaban J connectivity index is 1.59. The van der Waals surface area contributed by atoms with Crippen LogP contribution in [-0.2, 0) is 4.79 Å². The molecule has 0 bridgehead atoms. The van der Waals surface area contributed by atoms with E-state index < -0.39 is 0 Å². The maximum absolute atomic E-state index is 12.2. The second-order valence-electron chi connectivity index (χ2n) is 9.74. The Kier molecular flexibility index (Phi) is 3.91. The van der Waals surface area contributed by atoms with E-state index >= 15 is 0 Å². The van der Waals surface area contributed by atoms with Crippen molar-refractivity contribution in [3.63, 3.8) is 0 Å². The van der Waals surface area contributed by atoms with Gasteiger partial charge in [0.1, 0.15) is 5.78 Å². The molecule has 2 nitrogen and oxygen atoms in total. The lowest BCUT2D eigenvalue weighted by molar-refractivity contribution is -0.130. The van der Waals surface area contributed by atoms with Gasteiger partial charge in [-0.05, 0) is 99.2 Å². The van der Waals surface area contributed by atoms with Gasteiger partial charge in [0.2, 0.25) is 0 Å². The summed E-state index contributed by atoms with van der Waals surface area (Å²) in [6, 6.07) is 0. The first kappa shape index (κ1) is 16.1. The maximum atomic E-state index is 12.2. The number of carbonyl (C=O) groups is 1. The number of carbonyl (C=O) groups excluding carboxylic acids is 1. The standard InChI is InChI=1S/C21H34O2/c1-12-10-15(23)11-14-4-5-16-17(20(12)14)8-9-21(3)18(13(2)22)6-7-19(16)21/h12,14-20,23H,4-11H2,1-3H3/t12-,14+,15-,16-,17+,18?,19+,20?,21-/m1/s1. The molecule has 23 heavy (non-hydrogen) atoms. The summed E-state index contributed by atoms with van der Waals surface area (Å²) < 4.78 is 0. The molecule has 0 amide bonds. The highest BCUT2D eigenvalue weighted by Crippen LogP contribution is 2.64. The van der Waals surface area contributed by atoms with Crippen molar-refractivity contribution in [2.24, 2.45) is 46.8 Å². The minimum atomic E-state index is -0.0507. The Morgan fingerprint density at radius 1 is 1.04 bits per heavy atom. The van der Waals surface area contributed by atoms with Crippen LogP contribution in [0.25, 0.3) is 0 Å². The second-order valence-corrected chi connectivity index (χ2v) is 9.74. The molecule has 9 atom stereocenters. The first-order valence-electron chi connectivity index (χ1n) is 10.1. The number of rotatable bonds is 1. The second kappa shape index (κ2) is 5.58. The van der Waals surface area contributed by atoms with Gasteiger partial charge in [0, 0.05) is 5.92 Å². The van der Waals surface area contributed by atoms with Crippen molar-refractivity contribution in [2.75, 3.05) is 0 Å². The van der Waals surface area contributed by atoms with Crippen molar-refractivity contribution in [1.82, 2.24) is 0 Å². The molecule has 4 rings (SSSR count). The van der Waals surface area contributed by atoms with Crippen LogP contribution >= 0.6 is 0 Å². The van der Waals surface area contributed by atoms with E-state index in [4.69, 9.17) is 0 Å². The molecule has 0 aromatic heterocycles. The molecule has 4 aliphatic carbocycles. The quantitative estimate of drug-likeness (QED) is 0.775. The SMILES string of the molecule is CC(=O)C1CC[C@H]2[C@@H]3CC[C@H]4C[C@H](O)C[C@@H](C)C4[C@H]3CC[C@]12C. The minimum absolute atomic E-state index is 0.0507. The van der Waals surface area contributed by atoms with Gasteiger partial charge in [-0.25, -0.2) is 0 Å². The zero-order valence-electron chi connectivity index (χ0n) is 15.1. The molecule has 0 aromatic carbocycles. The fourth-order valence-corrected chi connectivity index (χ4v) is 8.02. The van der Waals surface area contributed by atoms with Crippen LogP contribution in [0.2, 0.25) is 0 Å². The summed E-state index contributed by atoms with van der Waals surface area (Å²) in [6.07, 6.45) is 9.73. The topological polar surface area (TPSA) is 37.3 Å². The predicted molar refractivity (Wildman–Crippen MR) is 91.8 cm³/mol. The van der Waals surface area contributed by atoms with Gasteiger partial charge in [0.25, 0.3) is 0 Å². The Hall–Kier alpha value is -0.370. The fraction of sp³-hybridized carbons (Fsp3) is 0.952. The number of fused-ring (bicyclic) bond motifs is 5. The van der Waals surface area contributed by atoms with E-state index in [-0.39, 0.29) is 11.5 Å². The number of hydrogen-bond acceptors (Lipinski definition) is 2. The number of ketones is 1. The fourth-order valence-electron chi connectivity index (χ4n) is 8.02. The van der Waals surface area contributed by atoms with Crippen molar-refractivity contribution >= 4 is 5.78 Å². The van der Waals surface area contributed by atoms with Crippen molar-refractivity contribution in [2.45, 2.75) is 78.2 Å². The van der Waals surface area contributed by atoms with Gasteiger partial charge in [-0.2, -0.15) is 0 Å². The third-order valence-corrected chi connectivity index (χ3v) is 8.77. The van der Waals surface area contributed by atoms with E-state index in [9.17, 15) is 9.90 Å². The highest BCUT2D eigenvalue weighted by molar-refractivity contribution is 5.79. The van der Waals surface area contributed by atoms with E-state index in [0.29, 0.717) is 17.6 Å².